The monoisotopic (exact) mass is 347 g/mol. The van der Waals surface area contributed by atoms with Gasteiger partial charge in [0.25, 0.3) is 0 Å². The normalized spacial score (nSPS) is 21.5. The van der Waals surface area contributed by atoms with Crippen LogP contribution in [0.2, 0.25) is 0 Å². The van der Waals surface area contributed by atoms with Gasteiger partial charge in [0.15, 0.2) is 0 Å². The van der Waals surface area contributed by atoms with Crippen LogP contribution in [0.1, 0.15) is 36.1 Å². The first kappa shape index (κ1) is 18.6. The molecule has 0 amide bonds. The molecule has 1 fully saturated rings. The second-order valence-electron chi connectivity index (χ2n) is 7.20. The van der Waals surface area contributed by atoms with Gasteiger partial charge in [0.2, 0.25) is 0 Å². The zero-order valence-corrected chi connectivity index (χ0v) is 16.1. The smallest absolute Gasteiger partial charge is 0.0992 e. The molecule has 3 rings (SSSR count). The number of benzene rings is 2. The van der Waals surface area contributed by atoms with Crippen molar-refractivity contribution < 1.29 is 5.11 Å². The van der Waals surface area contributed by atoms with Crippen LogP contribution in [0, 0.1) is 0 Å². The van der Waals surface area contributed by atoms with E-state index in [1.807, 2.05) is 0 Å². The number of hydrogen-bond acceptors (Lipinski definition) is 2. The largest absolute Gasteiger partial charge is 0.384 e. The molecule has 2 heteroatoms. The van der Waals surface area contributed by atoms with Crippen molar-refractivity contribution in [1.29, 1.82) is 0 Å². The predicted molar refractivity (Wildman–Crippen MR) is 111 cm³/mol. The van der Waals surface area contributed by atoms with Gasteiger partial charge < -0.3 is 5.11 Å². The quantitative estimate of drug-likeness (QED) is 0.875. The lowest BCUT2D eigenvalue weighted by molar-refractivity contribution is 0.198. The summed E-state index contributed by atoms with van der Waals surface area (Å²) in [5.74, 6) is 0. The van der Waals surface area contributed by atoms with E-state index < -0.39 is 6.10 Å². The van der Waals surface area contributed by atoms with Crippen molar-refractivity contribution in [3.8, 4) is 0 Å². The van der Waals surface area contributed by atoms with Crippen LogP contribution in [0.15, 0.2) is 59.7 Å². The Kier molecular flexibility index (Phi) is 6.08. The summed E-state index contributed by atoms with van der Waals surface area (Å²) in [5, 5.41) is 10.9. The molecule has 1 aliphatic heterocycles. The van der Waals surface area contributed by atoms with Crippen molar-refractivity contribution in [1.82, 2.24) is 4.90 Å². The lowest BCUT2D eigenvalue weighted by atomic mass is 9.92. The first-order chi connectivity index (χ1) is 12.6. The number of aliphatic hydroxyl groups is 1. The summed E-state index contributed by atoms with van der Waals surface area (Å²) in [5.41, 5.74) is 7.09. The van der Waals surface area contributed by atoms with E-state index in [0.29, 0.717) is 0 Å². The summed E-state index contributed by atoms with van der Waals surface area (Å²) in [4.78, 5) is 2.26. The van der Waals surface area contributed by atoms with E-state index in [2.05, 4.69) is 86.5 Å². The van der Waals surface area contributed by atoms with Gasteiger partial charge >= 0.3 is 0 Å². The molecule has 2 aromatic rings. The molecule has 0 aliphatic carbocycles. The third-order valence-corrected chi connectivity index (χ3v) is 5.09. The number of likely N-dealkylation sites (N-methyl/N-ethyl adjacent to an activating group) is 1. The Morgan fingerprint density at radius 3 is 1.54 bits per heavy atom. The minimum atomic E-state index is -0.511. The van der Waals surface area contributed by atoms with E-state index in [4.69, 9.17) is 0 Å². The molecule has 0 unspecified atom stereocenters. The average molecular weight is 348 g/mol. The molecule has 1 saturated heterocycles. The molecular formula is C24H29NO. The zero-order valence-electron chi connectivity index (χ0n) is 16.1. The van der Waals surface area contributed by atoms with Crippen molar-refractivity contribution in [3.05, 3.63) is 81.9 Å². The highest BCUT2D eigenvalue weighted by molar-refractivity contribution is 5.61. The van der Waals surface area contributed by atoms with Crippen molar-refractivity contribution in [2.24, 2.45) is 0 Å². The van der Waals surface area contributed by atoms with Gasteiger partial charge in [0.05, 0.1) is 6.10 Å². The standard InChI is InChI=1S/C24H29NO/c1-4-18-6-10-20(11-7-18)14-22-16-25(3)17-23(24(22)26)15-21-12-8-19(5-2)9-13-21/h6-15,24,26H,4-5,16-17H2,1-3H3. The average Bonchev–Trinajstić information content (AvgIpc) is 2.66. The molecule has 136 valence electrons. The molecule has 2 aromatic carbocycles. The topological polar surface area (TPSA) is 23.5 Å². The van der Waals surface area contributed by atoms with Gasteiger partial charge in [-0.15, -0.1) is 0 Å². The van der Waals surface area contributed by atoms with Gasteiger partial charge in [-0.05, 0) is 53.3 Å². The van der Waals surface area contributed by atoms with Crippen LogP contribution in [-0.4, -0.2) is 36.2 Å². The van der Waals surface area contributed by atoms with Crippen LogP contribution in [0.25, 0.3) is 12.2 Å². The number of piperidine rings is 1. The van der Waals surface area contributed by atoms with E-state index in [1.54, 1.807) is 0 Å². The summed E-state index contributed by atoms with van der Waals surface area (Å²) in [7, 11) is 2.11. The van der Waals surface area contributed by atoms with Gasteiger partial charge in [-0.25, -0.2) is 0 Å². The zero-order chi connectivity index (χ0) is 18.5. The Labute approximate surface area is 157 Å². The Bertz CT molecular complexity index is 716. The van der Waals surface area contributed by atoms with Crippen molar-refractivity contribution in [3.63, 3.8) is 0 Å². The third kappa shape index (κ3) is 4.51. The lowest BCUT2D eigenvalue weighted by Gasteiger charge is -2.31. The molecule has 0 spiro atoms. The van der Waals surface area contributed by atoms with E-state index in [-0.39, 0.29) is 0 Å². The van der Waals surface area contributed by atoms with Crippen molar-refractivity contribution >= 4 is 12.2 Å². The molecule has 2 nitrogen and oxygen atoms in total. The van der Waals surface area contributed by atoms with Gasteiger partial charge in [-0.2, -0.15) is 0 Å². The molecule has 0 atom stereocenters. The second-order valence-corrected chi connectivity index (χ2v) is 7.20. The summed E-state index contributed by atoms with van der Waals surface area (Å²) in [6, 6.07) is 17.2. The van der Waals surface area contributed by atoms with Gasteiger partial charge in [0.1, 0.15) is 0 Å². The SMILES string of the molecule is CCc1ccc(C=C2CN(C)CC(=Cc3ccc(CC)cc3)C2O)cc1. The minimum Gasteiger partial charge on any atom is -0.384 e. The maximum Gasteiger partial charge on any atom is 0.0992 e. The lowest BCUT2D eigenvalue weighted by Crippen LogP contribution is -2.37. The third-order valence-electron chi connectivity index (χ3n) is 5.09. The van der Waals surface area contributed by atoms with Gasteiger partial charge in [0, 0.05) is 13.1 Å². The van der Waals surface area contributed by atoms with Crippen molar-refractivity contribution in [2.45, 2.75) is 32.8 Å². The van der Waals surface area contributed by atoms with E-state index in [1.165, 1.54) is 11.1 Å². The van der Waals surface area contributed by atoms with E-state index in [0.717, 1.165) is 48.2 Å². The Morgan fingerprint density at radius 2 is 1.19 bits per heavy atom. The minimum absolute atomic E-state index is 0.511. The van der Waals surface area contributed by atoms with Crippen LogP contribution in [0.5, 0.6) is 0 Å². The predicted octanol–water partition coefficient (Wildman–Crippen LogP) is 4.58. The highest BCUT2D eigenvalue weighted by Gasteiger charge is 2.24. The highest BCUT2D eigenvalue weighted by atomic mass is 16.3. The molecule has 1 aliphatic rings. The molecule has 0 bridgehead atoms. The number of hydrogen-bond donors (Lipinski definition) is 1. The molecular weight excluding hydrogens is 318 g/mol. The first-order valence-corrected chi connectivity index (χ1v) is 9.54. The fourth-order valence-corrected chi connectivity index (χ4v) is 3.47. The number of aliphatic hydroxyl groups excluding tert-OH is 1. The molecule has 0 aromatic heterocycles. The Hall–Kier alpha value is -2.16. The van der Waals surface area contributed by atoms with Crippen LogP contribution in [0.3, 0.4) is 0 Å². The number of rotatable bonds is 4. The van der Waals surface area contributed by atoms with Gasteiger partial charge in [-0.3, -0.25) is 4.90 Å². The molecule has 1 N–H and O–H groups in total. The Morgan fingerprint density at radius 1 is 0.808 bits per heavy atom. The number of nitrogens with zero attached hydrogens (tertiary/aromatic N) is 1. The molecule has 0 saturated carbocycles. The molecule has 26 heavy (non-hydrogen) atoms. The van der Waals surface area contributed by atoms with Crippen LogP contribution in [0.4, 0.5) is 0 Å². The number of likely N-dealkylation sites (tertiary alicyclic amines) is 1. The summed E-state index contributed by atoms with van der Waals surface area (Å²) in [6.45, 7) is 5.92. The van der Waals surface area contributed by atoms with Crippen LogP contribution < -0.4 is 0 Å². The summed E-state index contributed by atoms with van der Waals surface area (Å²) < 4.78 is 0. The van der Waals surface area contributed by atoms with Crippen molar-refractivity contribution in [2.75, 3.05) is 20.1 Å². The van der Waals surface area contributed by atoms with E-state index >= 15 is 0 Å². The molecule has 0 radical (unpaired) electrons. The fourth-order valence-electron chi connectivity index (χ4n) is 3.47. The Balaban J connectivity index is 1.85. The summed E-state index contributed by atoms with van der Waals surface area (Å²) >= 11 is 0. The fraction of sp³-hybridized carbons (Fsp3) is 0.333. The second kappa shape index (κ2) is 8.48. The summed E-state index contributed by atoms with van der Waals surface area (Å²) in [6.07, 6.45) is 5.85. The first-order valence-electron chi connectivity index (χ1n) is 9.54. The highest BCUT2D eigenvalue weighted by Crippen LogP contribution is 2.25. The van der Waals surface area contributed by atoms with Crippen LogP contribution in [-0.2, 0) is 12.8 Å². The maximum atomic E-state index is 10.9. The number of aryl methyl sites for hydroxylation is 2. The van der Waals surface area contributed by atoms with E-state index in [9.17, 15) is 5.11 Å². The maximum absolute atomic E-state index is 10.9. The van der Waals surface area contributed by atoms with Gasteiger partial charge in [-0.1, -0.05) is 74.5 Å². The molecule has 1 heterocycles. The van der Waals surface area contributed by atoms with Crippen LogP contribution >= 0.6 is 0 Å².